The van der Waals surface area contributed by atoms with Crippen molar-refractivity contribution in [2.24, 2.45) is 5.41 Å². The summed E-state index contributed by atoms with van der Waals surface area (Å²) in [5.74, 6) is 0.499. The Morgan fingerprint density at radius 1 is 1.36 bits per heavy atom. The Kier molecular flexibility index (Phi) is 4.59. The third-order valence-electron chi connectivity index (χ3n) is 3.52. The zero-order valence-corrected chi connectivity index (χ0v) is 9.57. The number of Topliss-reactive ketones (excluding diaryl/α,β-unsaturated/α-hetero) is 1. The number of nitrogens with one attached hydrogen (secondary N) is 1. The first-order valence-corrected chi connectivity index (χ1v) is 5.99. The fraction of sp³-hybridized carbons (Fsp3) is 0.917. The first-order chi connectivity index (χ1) is 6.75. The van der Waals surface area contributed by atoms with Crippen LogP contribution in [-0.2, 0) is 4.79 Å². The molecule has 0 amide bonds. The SMILES string of the molecule is CCCCCC(=O)C1(CC)CCNC1. The molecule has 1 fully saturated rings. The van der Waals surface area contributed by atoms with E-state index in [2.05, 4.69) is 19.2 Å². The van der Waals surface area contributed by atoms with Crippen LogP contribution in [0, 0.1) is 5.41 Å². The minimum absolute atomic E-state index is 0.00621. The van der Waals surface area contributed by atoms with Crippen LogP contribution in [0.2, 0.25) is 0 Å². The molecular weight excluding hydrogens is 174 g/mol. The monoisotopic (exact) mass is 197 g/mol. The maximum absolute atomic E-state index is 12.0. The number of carbonyl (C=O) groups is 1. The van der Waals surface area contributed by atoms with Crippen LogP contribution in [0.1, 0.15) is 52.4 Å². The number of hydrogen-bond donors (Lipinski definition) is 1. The van der Waals surface area contributed by atoms with Gasteiger partial charge in [-0.05, 0) is 25.8 Å². The molecule has 0 aromatic carbocycles. The number of carbonyl (C=O) groups excluding carboxylic acids is 1. The molecule has 0 spiro atoms. The average Bonchev–Trinajstić information content (AvgIpc) is 2.67. The summed E-state index contributed by atoms with van der Waals surface area (Å²) in [5, 5.41) is 3.31. The van der Waals surface area contributed by atoms with E-state index < -0.39 is 0 Å². The molecule has 1 aliphatic heterocycles. The molecule has 82 valence electrons. The Morgan fingerprint density at radius 3 is 2.64 bits per heavy atom. The lowest BCUT2D eigenvalue weighted by molar-refractivity contribution is -0.128. The molecule has 2 heteroatoms. The van der Waals surface area contributed by atoms with Crippen molar-refractivity contribution in [1.29, 1.82) is 0 Å². The molecule has 0 radical (unpaired) electrons. The van der Waals surface area contributed by atoms with Gasteiger partial charge in [-0.2, -0.15) is 0 Å². The molecule has 1 aliphatic rings. The summed E-state index contributed by atoms with van der Waals surface area (Å²) >= 11 is 0. The maximum Gasteiger partial charge on any atom is 0.140 e. The van der Waals surface area contributed by atoms with Gasteiger partial charge < -0.3 is 5.32 Å². The highest BCUT2D eigenvalue weighted by molar-refractivity contribution is 5.85. The summed E-state index contributed by atoms with van der Waals surface area (Å²) < 4.78 is 0. The third-order valence-corrected chi connectivity index (χ3v) is 3.52. The van der Waals surface area contributed by atoms with Gasteiger partial charge in [0.2, 0.25) is 0 Å². The summed E-state index contributed by atoms with van der Waals surface area (Å²) in [5.41, 5.74) is -0.00621. The zero-order valence-electron chi connectivity index (χ0n) is 9.57. The van der Waals surface area contributed by atoms with Crippen molar-refractivity contribution < 1.29 is 4.79 Å². The first kappa shape index (κ1) is 11.7. The van der Waals surface area contributed by atoms with Crippen molar-refractivity contribution in [2.45, 2.75) is 52.4 Å². The lowest BCUT2D eigenvalue weighted by Crippen LogP contribution is -2.32. The lowest BCUT2D eigenvalue weighted by atomic mass is 9.78. The molecule has 0 saturated carbocycles. The molecule has 1 saturated heterocycles. The van der Waals surface area contributed by atoms with E-state index in [1.165, 1.54) is 12.8 Å². The summed E-state index contributed by atoms with van der Waals surface area (Å²) in [7, 11) is 0. The second kappa shape index (κ2) is 5.50. The van der Waals surface area contributed by atoms with Gasteiger partial charge in [0.25, 0.3) is 0 Å². The fourth-order valence-corrected chi connectivity index (χ4v) is 2.28. The van der Waals surface area contributed by atoms with E-state index in [9.17, 15) is 4.79 Å². The molecule has 2 nitrogen and oxygen atoms in total. The molecule has 14 heavy (non-hydrogen) atoms. The van der Waals surface area contributed by atoms with Gasteiger partial charge in [0.1, 0.15) is 5.78 Å². The quantitative estimate of drug-likeness (QED) is 0.663. The van der Waals surface area contributed by atoms with Crippen molar-refractivity contribution in [3.8, 4) is 0 Å². The van der Waals surface area contributed by atoms with E-state index in [1.54, 1.807) is 0 Å². The Bertz CT molecular complexity index is 183. The standard InChI is InChI=1S/C12H23NO/c1-3-5-6-7-11(14)12(4-2)8-9-13-10-12/h13H,3-10H2,1-2H3. The minimum atomic E-state index is -0.00621. The summed E-state index contributed by atoms with van der Waals surface area (Å²) in [6.45, 7) is 6.25. The van der Waals surface area contributed by atoms with E-state index in [0.29, 0.717) is 5.78 Å². The van der Waals surface area contributed by atoms with Crippen LogP contribution in [0.3, 0.4) is 0 Å². The first-order valence-electron chi connectivity index (χ1n) is 5.99. The van der Waals surface area contributed by atoms with E-state index >= 15 is 0 Å². The number of rotatable bonds is 6. The Labute approximate surface area is 87.5 Å². The van der Waals surface area contributed by atoms with Crippen LogP contribution in [0.25, 0.3) is 0 Å². The van der Waals surface area contributed by atoms with Gasteiger partial charge in [-0.15, -0.1) is 0 Å². The largest absolute Gasteiger partial charge is 0.316 e. The highest BCUT2D eigenvalue weighted by Gasteiger charge is 2.38. The average molecular weight is 197 g/mol. The van der Waals surface area contributed by atoms with E-state index in [1.807, 2.05) is 0 Å². The van der Waals surface area contributed by atoms with Crippen molar-refractivity contribution >= 4 is 5.78 Å². The molecule has 0 aromatic rings. The zero-order chi connectivity index (χ0) is 10.4. The Morgan fingerprint density at radius 2 is 2.14 bits per heavy atom. The molecule has 0 aromatic heterocycles. The van der Waals surface area contributed by atoms with Gasteiger partial charge >= 0.3 is 0 Å². The van der Waals surface area contributed by atoms with E-state index in [-0.39, 0.29) is 5.41 Å². The van der Waals surface area contributed by atoms with Gasteiger partial charge in [0.15, 0.2) is 0 Å². The van der Waals surface area contributed by atoms with Crippen LogP contribution >= 0.6 is 0 Å². The Balaban J connectivity index is 2.40. The second-order valence-corrected chi connectivity index (χ2v) is 4.44. The highest BCUT2D eigenvalue weighted by atomic mass is 16.1. The van der Waals surface area contributed by atoms with Crippen LogP contribution in [0.5, 0.6) is 0 Å². The molecule has 1 rings (SSSR count). The highest BCUT2D eigenvalue weighted by Crippen LogP contribution is 2.32. The predicted molar refractivity (Wildman–Crippen MR) is 59.4 cm³/mol. The van der Waals surface area contributed by atoms with Gasteiger partial charge in [0, 0.05) is 18.4 Å². The number of hydrogen-bond acceptors (Lipinski definition) is 2. The fourth-order valence-electron chi connectivity index (χ4n) is 2.28. The van der Waals surface area contributed by atoms with Crippen LogP contribution in [-0.4, -0.2) is 18.9 Å². The minimum Gasteiger partial charge on any atom is -0.316 e. The smallest absolute Gasteiger partial charge is 0.140 e. The predicted octanol–water partition coefficient (Wildman–Crippen LogP) is 2.53. The number of unbranched alkanes of at least 4 members (excludes halogenated alkanes) is 2. The topological polar surface area (TPSA) is 29.1 Å². The van der Waals surface area contributed by atoms with Gasteiger partial charge in [-0.1, -0.05) is 26.7 Å². The molecular formula is C12H23NO. The van der Waals surface area contributed by atoms with Crippen LogP contribution < -0.4 is 5.32 Å². The van der Waals surface area contributed by atoms with Crippen molar-refractivity contribution in [1.82, 2.24) is 5.32 Å². The third kappa shape index (κ3) is 2.57. The maximum atomic E-state index is 12.0. The van der Waals surface area contributed by atoms with Crippen molar-refractivity contribution in [3.63, 3.8) is 0 Å². The van der Waals surface area contributed by atoms with Crippen molar-refractivity contribution in [2.75, 3.05) is 13.1 Å². The molecule has 1 atom stereocenters. The lowest BCUT2D eigenvalue weighted by Gasteiger charge is -2.24. The number of ketones is 1. The molecule has 1 N–H and O–H groups in total. The van der Waals surface area contributed by atoms with E-state index in [4.69, 9.17) is 0 Å². The summed E-state index contributed by atoms with van der Waals surface area (Å²) in [4.78, 5) is 12.0. The molecule has 1 heterocycles. The van der Waals surface area contributed by atoms with Crippen molar-refractivity contribution in [3.05, 3.63) is 0 Å². The summed E-state index contributed by atoms with van der Waals surface area (Å²) in [6, 6.07) is 0. The van der Waals surface area contributed by atoms with Gasteiger partial charge in [0.05, 0.1) is 0 Å². The van der Waals surface area contributed by atoms with Crippen LogP contribution in [0.15, 0.2) is 0 Å². The summed E-state index contributed by atoms with van der Waals surface area (Å²) in [6.07, 6.45) is 6.32. The molecule has 0 aliphatic carbocycles. The van der Waals surface area contributed by atoms with Crippen LogP contribution in [0.4, 0.5) is 0 Å². The second-order valence-electron chi connectivity index (χ2n) is 4.44. The van der Waals surface area contributed by atoms with Gasteiger partial charge in [-0.25, -0.2) is 0 Å². The van der Waals surface area contributed by atoms with Gasteiger partial charge in [-0.3, -0.25) is 4.79 Å². The Hall–Kier alpha value is -0.370. The molecule has 0 bridgehead atoms. The normalized spacial score (nSPS) is 26.7. The van der Waals surface area contributed by atoms with E-state index in [0.717, 1.165) is 38.8 Å². The molecule has 1 unspecified atom stereocenters.